The Morgan fingerprint density at radius 3 is 2.75 bits per heavy atom. The molecule has 2 aromatic heterocycles. The molecule has 1 amide bonds. The van der Waals surface area contributed by atoms with Gasteiger partial charge < -0.3 is 4.90 Å². The SMILES string of the molecule is Cc1cc(C)n(C2CCN(C(=O)c3nn(C)c4c3CCCC4)C2)n1. The van der Waals surface area contributed by atoms with Crippen molar-refractivity contribution in [1.29, 1.82) is 0 Å². The van der Waals surface area contributed by atoms with E-state index < -0.39 is 0 Å². The fourth-order valence-electron chi connectivity index (χ4n) is 4.24. The molecule has 0 N–H and O–H groups in total. The molecule has 1 saturated heterocycles. The molecule has 6 heteroatoms. The van der Waals surface area contributed by atoms with Gasteiger partial charge in [0, 0.05) is 37.1 Å². The van der Waals surface area contributed by atoms with Crippen molar-refractivity contribution in [2.45, 2.75) is 52.0 Å². The van der Waals surface area contributed by atoms with Crippen LogP contribution in [0.1, 0.15) is 58.4 Å². The highest BCUT2D eigenvalue weighted by molar-refractivity contribution is 5.94. The van der Waals surface area contributed by atoms with Gasteiger partial charge in [0.2, 0.25) is 0 Å². The van der Waals surface area contributed by atoms with Crippen LogP contribution < -0.4 is 0 Å². The zero-order valence-corrected chi connectivity index (χ0v) is 14.7. The normalized spacial score (nSPS) is 20.5. The van der Waals surface area contributed by atoms with Crippen LogP contribution in [0, 0.1) is 13.8 Å². The minimum absolute atomic E-state index is 0.0952. The van der Waals surface area contributed by atoms with Gasteiger partial charge in [0.25, 0.3) is 5.91 Å². The van der Waals surface area contributed by atoms with E-state index in [2.05, 4.69) is 27.9 Å². The molecule has 1 atom stereocenters. The van der Waals surface area contributed by atoms with Crippen LogP contribution in [0.2, 0.25) is 0 Å². The Morgan fingerprint density at radius 1 is 1.21 bits per heavy atom. The summed E-state index contributed by atoms with van der Waals surface area (Å²) in [4.78, 5) is 15.0. The third-order valence-electron chi connectivity index (χ3n) is 5.41. The molecule has 1 unspecified atom stereocenters. The minimum Gasteiger partial charge on any atom is -0.335 e. The van der Waals surface area contributed by atoms with Crippen molar-refractivity contribution in [3.63, 3.8) is 0 Å². The molecule has 0 aromatic carbocycles. The molecule has 3 heterocycles. The van der Waals surface area contributed by atoms with E-state index in [-0.39, 0.29) is 11.9 Å². The summed E-state index contributed by atoms with van der Waals surface area (Å²) in [6, 6.07) is 2.38. The Balaban J connectivity index is 1.55. The molecule has 24 heavy (non-hydrogen) atoms. The molecular formula is C18H25N5O. The van der Waals surface area contributed by atoms with Gasteiger partial charge in [-0.3, -0.25) is 14.2 Å². The number of carbonyl (C=O) groups is 1. The zero-order chi connectivity index (χ0) is 16.8. The van der Waals surface area contributed by atoms with Gasteiger partial charge in [-0.1, -0.05) is 0 Å². The molecule has 1 aliphatic carbocycles. The molecule has 6 nitrogen and oxygen atoms in total. The van der Waals surface area contributed by atoms with Crippen molar-refractivity contribution in [2.24, 2.45) is 7.05 Å². The van der Waals surface area contributed by atoms with Crippen LogP contribution in [0.25, 0.3) is 0 Å². The fourth-order valence-corrected chi connectivity index (χ4v) is 4.24. The highest BCUT2D eigenvalue weighted by atomic mass is 16.2. The van der Waals surface area contributed by atoms with E-state index in [0.717, 1.165) is 44.5 Å². The van der Waals surface area contributed by atoms with Crippen molar-refractivity contribution in [3.8, 4) is 0 Å². The molecule has 4 rings (SSSR count). The van der Waals surface area contributed by atoms with Gasteiger partial charge in [0.1, 0.15) is 0 Å². The lowest BCUT2D eigenvalue weighted by atomic mass is 9.95. The third-order valence-corrected chi connectivity index (χ3v) is 5.41. The van der Waals surface area contributed by atoms with E-state index in [9.17, 15) is 4.79 Å². The van der Waals surface area contributed by atoms with Gasteiger partial charge in [-0.15, -0.1) is 0 Å². The topological polar surface area (TPSA) is 56.0 Å². The Labute approximate surface area is 142 Å². The Hall–Kier alpha value is -2.11. The van der Waals surface area contributed by atoms with E-state index in [1.807, 2.05) is 23.6 Å². The second-order valence-electron chi connectivity index (χ2n) is 7.17. The molecule has 2 aliphatic rings. The van der Waals surface area contributed by atoms with Crippen LogP contribution in [-0.2, 0) is 19.9 Å². The average Bonchev–Trinajstić information content (AvgIpc) is 3.25. The maximum Gasteiger partial charge on any atom is 0.274 e. The molecule has 0 bridgehead atoms. The smallest absolute Gasteiger partial charge is 0.274 e. The number of fused-ring (bicyclic) bond motifs is 1. The number of amides is 1. The van der Waals surface area contributed by atoms with Crippen molar-refractivity contribution in [2.75, 3.05) is 13.1 Å². The summed E-state index contributed by atoms with van der Waals surface area (Å²) in [6.45, 7) is 5.61. The van der Waals surface area contributed by atoms with Crippen LogP contribution in [0.15, 0.2) is 6.07 Å². The number of hydrogen-bond donors (Lipinski definition) is 0. The van der Waals surface area contributed by atoms with Crippen molar-refractivity contribution < 1.29 is 4.79 Å². The van der Waals surface area contributed by atoms with E-state index >= 15 is 0 Å². The molecule has 2 aromatic rings. The predicted octanol–water partition coefficient (Wildman–Crippen LogP) is 2.20. The van der Waals surface area contributed by atoms with Gasteiger partial charge in [-0.2, -0.15) is 10.2 Å². The largest absolute Gasteiger partial charge is 0.335 e. The third kappa shape index (κ3) is 2.44. The van der Waals surface area contributed by atoms with Crippen LogP contribution >= 0.6 is 0 Å². The Kier molecular flexibility index (Phi) is 3.70. The first-order valence-corrected chi connectivity index (χ1v) is 8.91. The fraction of sp³-hybridized carbons (Fsp3) is 0.611. The number of aryl methyl sites for hydroxylation is 3. The van der Waals surface area contributed by atoms with E-state index in [1.165, 1.54) is 23.4 Å². The number of aromatic nitrogens is 4. The maximum absolute atomic E-state index is 13.0. The van der Waals surface area contributed by atoms with Crippen LogP contribution in [0.4, 0.5) is 0 Å². The van der Waals surface area contributed by atoms with Gasteiger partial charge in [-0.25, -0.2) is 0 Å². The molecule has 1 aliphatic heterocycles. The average molecular weight is 327 g/mol. The summed E-state index contributed by atoms with van der Waals surface area (Å²) in [7, 11) is 1.96. The van der Waals surface area contributed by atoms with Crippen molar-refractivity contribution in [3.05, 3.63) is 34.4 Å². The predicted molar refractivity (Wildman–Crippen MR) is 91.1 cm³/mol. The monoisotopic (exact) mass is 327 g/mol. The Morgan fingerprint density at radius 2 is 2.00 bits per heavy atom. The number of rotatable bonds is 2. The summed E-state index contributed by atoms with van der Waals surface area (Å²) in [5.74, 6) is 0.0952. The van der Waals surface area contributed by atoms with Gasteiger partial charge in [0.15, 0.2) is 5.69 Å². The van der Waals surface area contributed by atoms with Crippen LogP contribution in [0.5, 0.6) is 0 Å². The van der Waals surface area contributed by atoms with Gasteiger partial charge in [0.05, 0.1) is 11.7 Å². The summed E-state index contributed by atoms with van der Waals surface area (Å²) >= 11 is 0. The standard InChI is InChI=1S/C18H25N5O/c1-12-10-13(2)23(19-12)14-8-9-22(11-14)18(24)17-15-6-4-5-7-16(15)21(3)20-17/h10,14H,4-9,11H2,1-3H3. The van der Waals surface area contributed by atoms with Gasteiger partial charge >= 0.3 is 0 Å². The van der Waals surface area contributed by atoms with E-state index in [4.69, 9.17) is 0 Å². The highest BCUT2D eigenvalue weighted by Gasteiger charge is 2.33. The molecule has 0 spiro atoms. The first kappa shape index (κ1) is 15.4. The lowest BCUT2D eigenvalue weighted by Crippen LogP contribution is -2.30. The molecular weight excluding hydrogens is 302 g/mol. The number of nitrogens with zero attached hydrogens (tertiary/aromatic N) is 5. The summed E-state index contributed by atoms with van der Waals surface area (Å²) < 4.78 is 3.99. The Bertz CT molecular complexity index is 788. The number of carbonyl (C=O) groups excluding carboxylic acids is 1. The summed E-state index contributed by atoms with van der Waals surface area (Å²) in [5.41, 5.74) is 5.32. The second-order valence-corrected chi connectivity index (χ2v) is 7.17. The lowest BCUT2D eigenvalue weighted by Gasteiger charge is -2.18. The van der Waals surface area contributed by atoms with E-state index in [0.29, 0.717) is 5.69 Å². The highest BCUT2D eigenvalue weighted by Crippen LogP contribution is 2.28. The molecule has 128 valence electrons. The zero-order valence-electron chi connectivity index (χ0n) is 14.7. The maximum atomic E-state index is 13.0. The van der Waals surface area contributed by atoms with Crippen molar-refractivity contribution in [1.82, 2.24) is 24.5 Å². The van der Waals surface area contributed by atoms with E-state index in [1.54, 1.807) is 0 Å². The quantitative estimate of drug-likeness (QED) is 0.850. The first-order chi connectivity index (χ1) is 11.5. The molecule has 0 saturated carbocycles. The van der Waals surface area contributed by atoms with Gasteiger partial charge in [-0.05, 0) is 52.0 Å². The summed E-state index contributed by atoms with van der Waals surface area (Å²) in [6.07, 6.45) is 5.35. The second kappa shape index (κ2) is 5.76. The van der Waals surface area contributed by atoms with Crippen LogP contribution in [0.3, 0.4) is 0 Å². The molecule has 1 fully saturated rings. The summed E-state index contributed by atoms with van der Waals surface area (Å²) in [5, 5.41) is 9.15. The minimum atomic E-state index is 0.0952. The number of hydrogen-bond acceptors (Lipinski definition) is 3. The molecule has 0 radical (unpaired) electrons. The number of likely N-dealkylation sites (tertiary alicyclic amines) is 1. The first-order valence-electron chi connectivity index (χ1n) is 8.91. The van der Waals surface area contributed by atoms with Crippen molar-refractivity contribution >= 4 is 5.91 Å². The lowest BCUT2D eigenvalue weighted by molar-refractivity contribution is 0.0779. The van der Waals surface area contributed by atoms with Crippen LogP contribution in [-0.4, -0.2) is 43.5 Å².